The zero-order valence-corrected chi connectivity index (χ0v) is 17.4. The maximum atomic E-state index is 13.2. The Hall–Kier alpha value is -2.77. The predicted octanol–water partition coefficient (Wildman–Crippen LogP) is 1.79. The van der Waals surface area contributed by atoms with Crippen LogP contribution in [0.5, 0.6) is 0 Å². The summed E-state index contributed by atoms with van der Waals surface area (Å²) in [7, 11) is 0. The summed E-state index contributed by atoms with van der Waals surface area (Å²) in [5.41, 5.74) is 0.836. The first-order valence-corrected chi connectivity index (χ1v) is 10.8. The Morgan fingerprint density at radius 3 is 2.73 bits per heavy atom. The zero-order chi connectivity index (χ0) is 21.0. The van der Waals surface area contributed by atoms with Crippen molar-refractivity contribution >= 4 is 28.6 Å². The van der Waals surface area contributed by atoms with Crippen LogP contribution >= 0.6 is 0 Å². The van der Waals surface area contributed by atoms with E-state index < -0.39 is 6.04 Å². The van der Waals surface area contributed by atoms with Crippen LogP contribution in [0.1, 0.15) is 50.0 Å². The van der Waals surface area contributed by atoms with Crippen molar-refractivity contribution in [2.24, 2.45) is 17.8 Å². The molecule has 0 radical (unpaired) electrons. The fourth-order valence-electron chi connectivity index (χ4n) is 5.24. The number of hydrogen-bond donors (Lipinski definition) is 1. The second-order valence-corrected chi connectivity index (χ2v) is 9.24. The largest absolute Gasteiger partial charge is 0.354 e. The molecule has 1 N–H and O–H groups in total. The first-order chi connectivity index (χ1) is 14.4. The highest BCUT2D eigenvalue weighted by Gasteiger charge is 2.56. The highest BCUT2D eigenvalue weighted by Crippen LogP contribution is 2.48. The van der Waals surface area contributed by atoms with E-state index in [1.807, 2.05) is 0 Å². The van der Waals surface area contributed by atoms with Crippen molar-refractivity contribution in [3.05, 3.63) is 24.0 Å². The molecule has 2 amide bonds. The Bertz CT molecular complexity index is 1020. The number of nitrogens with zero attached hydrogens (tertiary/aromatic N) is 4. The molecule has 2 aromatic heterocycles. The van der Waals surface area contributed by atoms with Gasteiger partial charge < -0.3 is 10.2 Å². The lowest BCUT2D eigenvalue weighted by Crippen LogP contribution is -2.50. The summed E-state index contributed by atoms with van der Waals surface area (Å²) in [6, 6.07) is 3.29. The van der Waals surface area contributed by atoms with Gasteiger partial charge in [-0.1, -0.05) is 6.92 Å². The van der Waals surface area contributed by atoms with Crippen molar-refractivity contribution < 1.29 is 14.4 Å². The molecule has 0 bridgehead atoms. The van der Waals surface area contributed by atoms with Gasteiger partial charge in [0, 0.05) is 25.7 Å². The molecule has 0 spiro atoms. The van der Waals surface area contributed by atoms with Crippen molar-refractivity contribution in [2.45, 2.75) is 58.2 Å². The number of likely N-dealkylation sites (tertiary alicyclic amines) is 1. The van der Waals surface area contributed by atoms with E-state index in [4.69, 9.17) is 0 Å². The van der Waals surface area contributed by atoms with Gasteiger partial charge >= 0.3 is 0 Å². The van der Waals surface area contributed by atoms with Gasteiger partial charge in [-0.3, -0.25) is 14.4 Å². The van der Waals surface area contributed by atoms with Gasteiger partial charge in [0.05, 0.1) is 5.39 Å². The van der Waals surface area contributed by atoms with E-state index in [-0.39, 0.29) is 30.2 Å². The van der Waals surface area contributed by atoms with Gasteiger partial charge in [-0.25, -0.2) is 9.67 Å². The fourth-order valence-corrected chi connectivity index (χ4v) is 5.24. The maximum Gasteiger partial charge on any atom is 0.245 e. The number of hydrogen-bond acceptors (Lipinski definition) is 5. The third kappa shape index (κ3) is 3.28. The van der Waals surface area contributed by atoms with Gasteiger partial charge in [-0.05, 0) is 55.6 Å². The number of piperidine rings is 1. The molecule has 1 saturated heterocycles. The summed E-state index contributed by atoms with van der Waals surface area (Å²) in [5, 5.41) is 8.07. The molecule has 158 valence electrons. The first kappa shape index (κ1) is 19.2. The molecule has 2 aliphatic carbocycles. The summed E-state index contributed by atoms with van der Waals surface area (Å²) in [6.45, 7) is 4.37. The van der Waals surface area contributed by atoms with E-state index in [1.165, 1.54) is 11.6 Å². The Balaban J connectivity index is 1.31. The maximum absolute atomic E-state index is 13.2. The number of carbonyl (C=O) groups excluding carboxylic acids is 3. The lowest BCUT2D eigenvalue weighted by atomic mass is 9.76. The van der Waals surface area contributed by atoms with Crippen LogP contribution in [0.25, 0.3) is 11.0 Å². The average Bonchev–Trinajstić information content (AvgIpc) is 3.20. The Labute approximate surface area is 175 Å². The molecular weight excluding hydrogens is 382 g/mol. The zero-order valence-electron chi connectivity index (χ0n) is 17.4. The van der Waals surface area contributed by atoms with Crippen molar-refractivity contribution in [1.29, 1.82) is 0 Å². The SMILES string of the molecule is CC(=O)c1nn(CC(=O)N2[C@@H]3C[C@@H]3C[C@H]2C(=O)NCC2CC(C)C2)c2ncccc12. The number of amides is 2. The normalized spacial score (nSPS) is 29.4. The van der Waals surface area contributed by atoms with Crippen LogP contribution in [0.4, 0.5) is 0 Å². The Morgan fingerprint density at radius 1 is 1.20 bits per heavy atom. The minimum absolute atomic E-state index is 0.0199. The third-order valence-corrected chi connectivity index (χ3v) is 6.86. The van der Waals surface area contributed by atoms with E-state index in [2.05, 4.69) is 22.3 Å². The second kappa shape index (κ2) is 7.18. The van der Waals surface area contributed by atoms with Gasteiger partial charge in [0.25, 0.3) is 0 Å². The lowest BCUT2D eigenvalue weighted by Gasteiger charge is -2.33. The van der Waals surface area contributed by atoms with E-state index in [1.54, 1.807) is 23.2 Å². The van der Waals surface area contributed by atoms with Crippen LogP contribution < -0.4 is 5.32 Å². The van der Waals surface area contributed by atoms with E-state index in [9.17, 15) is 14.4 Å². The number of ketones is 1. The smallest absolute Gasteiger partial charge is 0.245 e. The summed E-state index contributed by atoms with van der Waals surface area (Å²) >= 11 is 0. The first-order valence-electron chi connectivity index (χ1n) is 10.8. The summed E-state index contributed by atoms with van der Waals surface area (Å²) in [6.07, 6.45) is 5.65. The quantitative estimate of drug-likeness (QED) is 0.734. The molecule has 3 heterocycles. The minimum atomic E-state index is -0.402. The topological polar surface area (TPSA) is 97.2 Å². The monoisotopic (exact) mass is 409 g/mol. The van der Waals surface area contributed by atoms with E-state index in [0.29, 0.717) is 35.1 Å². The van der Waals surface area contributed by atoms with Crippen molar-refractivity contribution in [3.8, 4) is 0 Å². The predicted molar refractivity (Wildman–Crippen MR) is 110 cm³/mol. The van der Waals surface area contributed by atoms with E-state index >= 15 is 0 Å². The fraction of sp³-hybridized carbons (Fsp3) is 0.591. The Morgan fingerprint density at radius 2 is 2.00 bits per heavy atom. The van der Waals surface area contributed by atoms with Crippen LogP contribution in [0, 0.1) is 17.8 Å². The van der Waals surface area contributed by atoms with Crippen LogP contribution in [0.2, 0.25) is 0 Å². The van der Waals surface area contributed by atoms with Crippen LogP contribution in [0.15, 0.2) is 18.3 Å². The highest BCUT2D eigenvalue weighted by atomic mass is 16.2. The molecule has 0 aromatic carbocycles. The summed E-state index contributed by atoms with van der Waals surface area (Å²) in [5.74, 6) is 1.40. The lowest BCUT2D eigenvalue weighted by molar-refractivity contribution is -0.140. The number of carbonyl (C=O) groups is 3. The van der Waals surface area contributed by atoms with Crippen LogP contribution in [-0.4, -0.2) is 55.9 Å². The third-order valence-electron chi connectivity index (χ3n) is 6.86. The second-order valence-electron chi connectivity index (χ2n) is 9.24. The molecule has 1 aliphatic heterocycles. The molecular formula is C22H27N5O3. The van der Waals surface area contributed by atoms with Crippen molar-refractivity contribution in [2.75, 3.05) is 6.54 Å². The highest BCUT2D eigenvalue weighted by molar-refractivity contribution is 6.04. The number of pyridine rings is 1. The molecule has 30 heavy (non-hydrogen) atoms. The number of rotatable bonds is 6. The summed E-state index contributed by atoms with van der Waals surface area (Å²) < 4.78 is 1.49. The van der Waals surface area contributed by atoms with E-state index in [0.717, 1.165) is 31.6 Å². The number of nitrogens with one attached hydrogen (secondary N) is 1. The molecule has 5 rings (SSSR count). The molecule has 3 atom stereocenters. The number of fused-ring (bicyclic) bond motifs is 2. The molecule has 8 nitrogen and oxygen atoms in total. The summed E-state index contributed by atoms with van der Waals surface area (Å²) in [4.78, 5) is 44.0. The average molecular weight is 409 g/mol. The van der Waals surface area contributed by atoms with Gasteiger partial charge in [0.1, 0.15) is 18.3 Å². The Kier molecular flexibility index (Phi) is 4.60. The van der Waals surface area contributed by atoms with Gasteiger partial charge in [-0.2, -0.15) is 5.10 Å². The van der Waals surface area contributed by atoms with Crippen molar-refractivity contribution in [1.82, 2.24) is 25.0 Å². The van der Waals surface area contributed by atoms with Crippen LogP contribution in [-0.2, 0) is 16.1 Å². The molecule has 3 fully saturated rings. The van der Waals surface area contributed by atoms with Crippen LogP contribution in [0.3, 0.4) is 0 Å². The molecule has 8 heteroatoms. The minimum Gasteiger partial charge on any atom is -0.354 e. The van der Waals surface area contributed by atoms with Gasteiger partial charge in [-0.15, -0.1) is 0 Å². The standard InChI is InChI=1S/C22H27N5O3/c1-12-6-14(7-12)10-24-22(30)18-9-15-8-17(15)27(18)19(29)11-26-21-16(4-3-5-23-21)20(25-26)13(2)28/h3-5,12,14-15,17-18H,6-11H2,1-2H3,(H,24,30)/t12?,14?,15-,17-,18+/m1/s1. The van der Waals surface area contributed by atoms with Crippen molar-refractivity contribution in [3.63, 3.8) is 0 Å². The number of aromatic nitrogens is 3. The molecule has 2 aromatic rings. The number of Topliss-reactive ketones (excluding diaryl/α,β-unsaturated/α-hetero) is 1. The molecule has 0 unspecified atom stereocenters. The molecule has 3 aliphatic rings. The van der Waals surface area contributed by atoms with Gasteiger partial charge in [0.15, 0.2) is 11.4 Å². The van der Waals surface area contributed by atoms with Gasteiger partial charge in [0.2, 0.25) is 11.8 Å². The molecule has 2 saturated carbocycles.